The largest absolute Gasteiger partial charge is 0.485 e. The van der Waals surface area contributed by atoms with E-state index in [1.54, 1.807) is 24.3 Å². The number of benzene rings is 2. The van der Waals surface area contributed by atoms with Crippen LogP contribution in [0.3, 0.4) is 0 Å². The Kier molecular flexibility index (Phi) is 4.37. The van der Waals surface area contributed by atoms with E-state index in [1.165, 1.54) is 24.4 Å². The first kappa shape index (κ1) is 15.5. The molecule has 0 radical (unpaired) electrons. The van der Waals surface area contributed by atoms with Gasteiger partial charge in [-0.1, -0.05) is 24.3 Å². The predicted octanol–water partition coefficient (Wildman–Crippen LogP) is 1.88. The van der Waals surface area contributed by atoms with Gasteiger partial charge in [-0.15, -0.1) is 0 Å². The maximum atomic E-state index is 12.0. The van der Waals surface area contributed by atoms with Crippen molar-refractivity contribution in [1.29, 1.82) is 0 Å². The highest BCUT2D eigenvalue weighted by Gasteiger charge is 2.26. The number of nitrogens with one attached hydrogen (secondary N) is 1. The number of rotatable bonds is 4. The molecule has 0 saturated heterocycles. The third kappa shape index (κ3) is 3.49. The number of nitro benzene ring substituents is 1. The predicted molar refractivity (Wildman–Crippen MR) is 85.2 cm³/mol. The second-order valence-electron chi connectivity index (χ2n) is 4.95. The molecule has 8 heteroatoms. The van der Waals surface area contributed by atoms with Crippen LogP contribution in [0, 0.1) is 10.1 Å². The van der Waals surface area contributed by atoms with Crippen molar-refractivity contribution in [1.82, 2.24) is 5.43 Å². The first-order chi connectivity index (χ1) is 11.6. The Labute approximate surface area is 136 Å². The molecule has 1 amide bonds. The van der Waals surface area contributed by atoms with E-state index >= 15 is 0 Å². The zero-order valence-corrected chi connectivity index (χ0v) is 12.4. The number of ether oxygens (including phenoxy) is 2. The van der Waals surface area contributed by atoms with Crippen LogP contribution in [0.15, 0.2) is 53.6 Å². The first-order valence-corrected chi connectivity index (χ1v) is 7.09. The molecule has 0 bridgehead atoms. The van der Waals surface area contributed by atoms with Crippen molar-refractivity contribution in [3.63, 3.8) is 0 Å². The summed E-state index contributed by atoms with van der Waals surface area (Å²) in [4.78, 5) is 22.2. The number of hydrazone groups is 1. The van der Waals surface area contributed by atoms with Crippen LogP contribution in [0.1, 0.15) is 5.56 Å². The van der Waals surface area contributed by atoms with Gasteiger partial charge in [-0.25, -0.2) is 5.43 Å². The number of hydrogen-bond donors (Lipinski definition) is 1. The van der Waals surface area contributed by atoms with Gasteiger partial charge in [0.2, 0.25) is 6.10 Å². The van der Waals surface area contributed by atoms with Crippen molar-refractivity contribution in [2.45, 2.75) is 6.10 Å². The van der Waals surface area contributed by atoms with E-state index in [0.29, 0.717) is 17.1 Å². The molecule has 3 rings (SSSR count). The number of non-ortho nitro benzene ring substituents is 1. The summed E-state index contributed by atoms with van der Waals surface area (Å²) in [5.41, 5.74) is 2.78. The molecule has 1 atom stereocenters. The summed E-state index contributed by atoms with van der Waals surface area (Å²) in [5, 5.41) is 14.5. The third-order valence-electron chi connectivity index (χ3n) is 3.27. The number of amides is 1. The van der Waals surface area contributed by atoms with Gasteiger partial charge >= 0.3 is 0 Å². The van der Waals surface area contributed by atoms with Gasteiger partial charge in [0.25, 0.3) is 11.6 Å². The molecule has 0 aliphatic carbocycles. The fraction of sp³-hybridized carbons (Fsp3) is 0.125. The van der Waals surface area contributed by atoms with Crippen LogP contribution in [-0.4, -0.2) is 29.8 Å². The highest BCUT2D eigenvalue weighted by atomic mass is 16.6. The minimum atomic E-state index is -0.817. The Bertz CT molecular complexity index is 806. The standard InChI is InChI=1S/C16H13N3O5/c20-16(15-10-23-13-6-1-2-7-14(13)24-15)18-17-9-11-4-3-5-12(8-11)19(21)22/h1-9,15H,10H2,(H,18,20). The fourth-order valence-corrected chi connectivity index (χ4v) is 2.11. The molecule has 1 aliphatic rings. The molecule has 122 valence electrons. The molecule has 1 heterocycles. The lowest BCUT2D eigenvalue weighted by atomic mass is 10.2. The van der Waals surface area contributed by atoms with Crippen LogP contribution in [0.25, 0.3) is 0 Å². The molecule has 8 nitrogen and oxygen atoms in total. The molecule has 1 N–H and O–H groups in total. The topological polar surface area (TPSA) is 103 Å². The summed E-state index contributed by atoms with van der Waals surface area (Å²) in [7, 11) is 0. The molecule has 2 aromatic carbocycles. The van der Waals surface area contributed by atoms with Crippen molar-refractivity contribution in [3.05, 3.63) is 64.2 Å². The Morgan fingerprint density at radius 2 is 2.04 bits per heavy atom. The van der Waals surface area contributed by atoms with E-state index in [4.69, 9.17) is 9.47 Å². The van der Waals surface area contributed by atoms with E-state index in [-0.39, 0.29) is 12.3 Å². The van der Waals surface area contributed by atoms with Crippen molar-refractivity contribution in [3.8, 4) is 11.5 Å². The molecular weight excluding hydrogens is 314 g/mol. The van der Waals surface area contributed by atoms with Crippen LogP contribution in [0.5, 0.6) is 11.5 Å². The van der Waals surface area contributed by atoms with Crippen molar-refractivity contribution < 1.29 is 19.2 Å². The lowest BCUT2D eigenvalue weighted by Gasteiger charge is -2.24. The molecule has 0 aromatic heterocycles. The number of fused-ring (bicyclic) bond motifs is 1. The summed E-state index contributed by atoms with van der Waals surface area (Å²) in [5.74, 6) is 0.611. The lowest BCUT2D eigenvalue weighted by molar-refractivity contribution is -0.384. The summed E-state index contributed by atoms with van der Waals surface area (Å²) in [6.07, 6.45) is 0.505. The van der Waals surface area contributed by atoms with Gasteiger partial charge in [0, 0.05) is 17.7 Å². The number of carbonyl (C=O) groups excluding carboxylic acids is 1. The van der Waals surface area contributed by atoms with Gasteiger partial charge in [0.05, 0.1) is 11.1 Å². The first-order valence-electron chi connectivity index (χ1n) is 7.09. The quantitative estimate of drug-likeness (QED) is 0.525. The van der Waals surface area contributed by atoms with Crippen LogP contribution < -0.4 is 14.9 Å². The Hall–Kier alpha value is -3.42. The van der Waals surface area contributed by atoms with E-state index in [1.807, 2.05) is 6.07 Å². The summed E-state index contributed by atoms with van der Waals surface area (Å²) >= 11 is 0. The average molecular weight is 327 g/mol. The number of carbonyl (C=O) groups is 1. The van der Waals surface area contributed by atoms with Gasteiger partial charge in [-0.2, -0.15) is 5.10 Å². The van der Waals surface area contributed by atoms with E-state index in [9.17, 15) is 14.9 Å². The molecular formula is C16H13N3O5. The van der Waals surface area contributed by atoms with Gasteiger partial charge < -0.3 is 9.47 Å². The molecule has 0 spiro atoms. The second kappa shape index (κ2) is 6.78. The normalized spacial score (nSPS) is 15.9. The van der Waals surface area contributed by atoms with Crippen molar-refractivity contribution >= 4 is 17.8 Å². The monoisotopic (exact) mass is 327 g/mol. The van der Waals surface area contributed by atoms with E-state index in [2.05, 4.69) is 10.5 Å². The molecule has 1 aliphatic heterocycles. The van der Waals surface area contributed by atoms with Gasteiger partial charge in [-0.05, 0) is 12.1 Å². The van der Waals surface area contributed by atoms with Crippen molar-refractivity contribution in [2.75, 3.05) is 6.61 Å². The van der Waals surface area contributed by atoms with E-state index in [0.717, 1.165) is 0 Å². The lowest BCUT2D eigenvalue weighted by Crippen LogP contribution is -2.42. The number of para-hydroxylation sites is 2. The average Bonchev–Trinajstić information content (AvgIpc) is 2.61. The molecule has 0 fully saturated rings. The minimum absolute atomic E-state index is 0.0501. The highest BCUT2D eigenvalue weighted by molar-refractivity contribution is 5.85. The molecule has 24 heavy (non-hydrogen) atoms. The summed E-state index contributed by atoms with van der Waals surface area (Å²) < 4.78 is 11.0. The molecule has 0 saturated carbocycles. The number of nitro groups is 1. The third-order valence-corrected chi connectivity index (χ3v) is 3.27. The van der Waals surface area contributed by atoms with Crippen LogP contribution >= 0.6 is 0 Å². The SMILES string of the molecule is O=C(NN=Cc1cccc([N+](=O)[O-])c1)C1COc2ccccc2O1. The summed E-state index contributed by atoms with van der Waals surface area (Å²) in [6.45, 7) is 0.0785. The van der Waals surface area contributed by atoms with Gasteiger partial charge in [0.1, 0.15) is 6.61 Å². The van der Waals surface area contributed by atoms with Gasteiger partial charge in [-0.3, -0.25) is 14.9 Å². The zero-order valence-electron chi connectivity index (χ0n) is 12.4. The van der Waals surface area contributed by atoms with Gasteiger partial charge in [0.15, 0.2) is 11.5 Å². The van der Waals surface area contributed by atoms with Crippen molar-refractivity contribution in [2.24, 2.45) is 5.10 Å². The second-order valence-corrected chi connectivity index (χ2v) is 4.95. The zero-order chi connectivity index (χ0) is 16.9. The van der Waals surface area contributed by atoms with E-state index < -0.39 is 16.9 Å². The maximum Gasteiger partial charge on any atom is 0.284 e. The Balaban J connectivity index is 1.60. The maximum absolute atomic E-state index is 12.0. The Morgan fingerprint density at radius 3 is 2.83 bits per heavy atom. The van der Waals surface area contributed by atoms with Crippen LogP contribution in [0.2, 0.25) is 0 Å². The van der Waals surface area contributed by atoms with Crippen LogP contribution in [0.4, 0.5) is 5.69 Å². The number of hydrogen-bond acceptors (Lipinski definition) is 6. The molecule has 2 aromatic rings. The highest BCUT2D eigenvalue weighted by Crippen LogP contribution is 2.30. The fourth-order valence-electron chi connectivity index (χ4n) is 2.11. The summed E-state index contributed by atoms with van der Waals surface area (Å²) in [6, 6.07) is 13.0. The minimum Gasteiger partial charge on any atom is -0.485 e. The van der Waals surface area contributed by atoms with Crippen LogP contribution in [-0.2, 0) is 4.79 Å². The molecule has 1 unspecified atom stereocenters. The Morgan fingerprint density at radius 1 is 1.25 bits per heavy atom. The smallest absolute Gasteiger partial charge is 0.284 e. The number of nitrogens with zero attached hydrogens (tertiary/aromatic N) is 2.